The fourth-order valence-corrected chi connectivity index (χ4v) is 3.16. The SMILES string of the molecule is O=C(CC1(O)CCCCC1)Nc1cccc(NC(=O)C2CC2)c1. The molecule has 3 rings (SSSR count). The van der Waals surface area contributed by atoms with Crippen molar-refractivity contribution in [2.24, 2.45) is 5.92 Å². The van der Waals surface area contributed by atoms with Crippen LogP contribution in [0.1, 0.15) is 51.4 Å². The van der Waals surface area contributed by atoms with E-state index in [0.717, 1.165) is 32.1 Å². The lowest BCUT2D eigenvalue weighted by atomic mass is 9.82. The van der Waals surface area contributed by atoms with Crippen molar-refractivity contribution in [2.75, 3.05) is 10.6 Å². The van der Waals surface area contributed by atoms with Gasteiger partial charge in [-0.1, -0.05) is 25.3 Å². The fraction of sp³-hybridized carbons (Fsp3) is 0.556. The summed E-state index contributed by atoms with van der Waals surface area (Å²) in [6, 6.07) is 7.15. The van der Waals surface area contributed by atoms with E-state index in [-0.39, 0.29) is 24.2 Å². The Morgan fingerprint density at radius 3 is 2.39 bits per heavy atom. The minimum absolute atomic E-state index is 0.0463. The number of hydrogen-bond acceptors (Lipinski definition) is 3. The predicted molar refractivity (Wildman–Crippen MR) is 89.1 cm³/mol. The summed E-state index contributed by atoms with van der Waals surface area (Å²) in [6.07, 6.45) is 6.52. The van der Waals surface area contributed by atoms with Gasteiger partial charge in [-0.25, -0.2) is 0 Å². The van der Waals surface area contributed by atoms with Crippen LogP contribution in [0.25, 0.3) is 0 Å². The van der Waals surface area contributed by atoms with E-state index in [9.17, 15) is 14.7 Å². The number of aliphatic hydroxyl groups is 1. The van der Waals surface area contributed by atoms with E-state index in [1.165, 1.54) is 0 Å². The van der Waals surface area contributed by atoms with Gasteiger partial charge in [0.1, 0.15) is 0 Å². The molecule has 0 heterocycles. The van der Waals surface area contributed by atoms with Crippen LogP contribution >= 0.6 is 0 Å². The Balaban J connectivity index is 1.56. The van der Waals surface area contributed by atoms with Crippen LogP contribution in [0.5, 0.6) is 0 Å². The molecule has 0 spiro atoms. The number of carbonyl (C=O) groups is 2. The predicted octanol–water partition coefficient (Wildman–Crippen LogP) is 3.06. The van der Waals surface area contributed by atoms with Crippen molar-refractivity contribution < 1.29 is 14.7 Å². The van der Waals surface area contributed by atoms with Crippen molar-refractivity contribution in [3.05, 3.63) is 24.3 Å². The highest BCUT2D eigenvalue weighted by Crippen LogP contribution is 2.32. The van der Waals surface area contributed by atoms with Gasteiger partial charge in [-0.2, -0.15) is 0 Å². The summed E-state index contributed by atoms with van der Waals surface area (Å²) in [6.45, 7) is 0. The summed E-state index contributed by atoms with van der Waals surface area (Å²) in [4.78, 5) is 24.0. The topological polar surface area (TPSA) is 78.4 Å². The van der Waals surface area contributed by atoms with Gasteiger partial charge >= 0.3 is 0 Å². The molecule has 1 aromatic carbocycles. The van der Waals surface area contributed by atoms with E-state index >= 15 is 0 Å². The smallest absolute Gasteiger partial charge is 0.227 e. The van der Waals surface area contributed by atoms with Crippen molar-refractivity contribution in [2.45, 2.75) is 57.0 Å². The maximum absolute atomic E-state index is 12.2. The van der Waals surface area contributed by atoms with Crippen LogP contribution in [-0.4, -0.2) is 22.5 Å². The second-order valence-electron chi connectivity index (χ2n) is 6.85. The first-order chi connectivity index (χ1) is 11.0. The van der Waals surface area contributed by atoms with Crippen LogP contribution in [0, 0.1) is 5.92 Å². The highest BCUT2D eigenvalue weighted by atomic mass is 16.3. The lowest BCUT2D eigenvalue weighted by molar-refractivity contribution is -0.122. The minimum atomic E-state index is -0.861. The van der Waals surface area contributed by atoms with Gasteiger partial charge in [0.15, 0.2) is 0 Å². The Morgan fingerprint density at radius 1 is 1.09 bits per heavy atom. The number of benzene rings is 1. The lowest BCUT2D eigenvalue weighted by Crippen LogP contribution is -2.35. The molecule has 2 amide bonds. The summed E-state index contributed by atoms with van der Waals surface area (Å²) in [7, 11) is 0. The van der Waals surface area contributed by atoms with E-state index in [4.69, 9.17) is 0 Å². The van der Waals surface area contributed by atoms with Crippen LogP contribution in [0.3, 0.4) is 0 Å². The van der Waals surface area contributed by atoms with E-state index in [1.54, 1.807) is 18.2 Å². The first kappa shape index (κ1) is 16.0. The van der Waals surface area contributed by atoms with Crippen LogP contribution < -0.4 is 10.6 Å². The molecule has 0 radical (unpaired) electrons. The molecule has 5 heteroatoms. The molecule has 0 bridgehead atoms. The second-order valence-corrected chi connectivity index (χ2v) is 6.85. The molecular formula is C18H24N2O3. The molecule has 23 heavy (non-hydrogen) atoms. The molecule has 0 unspecified atom stereocenters. The number of carbonyl (C=O) groups excluding carboxylic acids is 2. The molecule has 0 saturated heterocycles. The highest BCUT2D eigenvalue weighted by Gasteiger charge is 2.32. The summed E-state index contributed by atoms with van der Waals surface area (Å²) < 4.78 is 0. The van der Waals surface area contributed by atoms with Gasteiger partial charge in [-0.15, -0.1) is 0 Å². The van der Waals surface area contributed by atoms with Crippen molar-refractivity contribution in [3.8, 4) is 0 Å². The molecule has 2 aliphatic carbocycles. The van der Waals surface area contributed by atoms with Gasteiger partial charge in [0.05, 0.1) is 12.0 Å². The summed E-state index contributed by atoms with van der Waals surface area (Å²) in [5.74, 6) is 0.0128. The van der Waals surface area contributed by atoms with Gasteiger partial charge in [0.2, 0.25) is 11.8 Å². The third-order valence-electron chi connectivity index (χ3n) is 4.64. The molecule has 3 N–H and O–H groups in total. The average Bonchev–Trinajstić information content (AvgIpc) is 3.32. The average molecular weight is 316 g/mol. The maximum atomic E-state index is 12.2. The Hall–Kier alpha value is -1.88. The number of amides is 2. The maximum Gasteiger partial charge on any atom is 0.227 e. The molecule has 2 fully saturated rings. The molecule has 2 saturated carbocycles. The van der Waals surface area contributed by atoms with Crippen LogP contribution in [-0.2, 0) is 9.59 Å². The van der Waals surface area contributed by atoms with Gasteiger partial charge in [0, 0.05) is 17.3 Å². The zero-order valence-electron chi connectivity index (χ0n) is 13.3. The van der Waals surface area contributed by atoms with E-state index in [0.29, 0.717) is 24.2 Å². The molecule has 2 aliphatic rings. The monoisotopic (exact) mass is 316 g/mol. The number of rotatable bonds is 5. The van der Waals surface area contributed by atoms with Gasteiger partial charge < -0.3 is 15.7 Å². The van der Waals surface area contributed by atoms with Crippen LogP contribution in [0.15, 0.2) is 24.3 Å². The van der Waals surface area contributed by atoms with Gasteiger partial charge in [-0.3, -0.25) is 9.59 Å². The van der Waals surface area contributed by atoms with E-state index in [1.807, 2.05) is 6.07 Å². The molecule has 5 nitrogen and oxygen atoms in total. The van der Waals surface area contributed by atoms with Gasteiger partial charge in [0.25, 0.3) is 0 Å². The molecular weight excluding hydrogens is 292 g/mol. The van der Waals surface area contributed by atoms with E-state index in [2.05, 4.69) is 10.6 Å². The van der Waals surface area contributed by atoms with Crippen molar-refractivity contribution in [1.82, 2.24) is 0 Å². The number of hydrogen-bond donors (Lipinski definition) is 3. The Kier molecular flexibility index (Phi) is 4.66. The number of anilines is 2. The third-order valence-corrected chi connectivity index (χ3v) is 4.64. The van der Waals surface area contributed by atoms with Crippen LogP contribution in [0.2, 0.25) is 0 Å². The lowest BCUT2D eigenvalue weighted by Gasteiger charge is -2.31. The summed E-state index contributed by atoms with van der Waals surface area (Å²) >= 11 is 0. The molecule has 0 aliphatic heterocycles. The number of nitrogens with one attached hydrogen (secondary N) is 2. The summed E-state index contributed by atoms with van der Waals surface area (Å²) in [5.41, 5.74) is 0.472. The zero-order chi connectivity index (χ0) is 16.3. The molecule has 124 valence electrons. The van der Waals surface area contributed by atoms with Crippen molar-refractivity contribution in [3.63, 3.8) is 0 Å². The Bertz CT molecular complexity index is 590. The van der Waals surface area contributed by atoms with Gasteiger partial charge in [-0.05, 0) is 43.9 Å². The van der Waals surface area contributed by atoms with Crippen LogP contribution in [0.4, 0.5) is 11.4 Å². The first-order valence-electron chi connectivity index (χ1n) is 8.47. The van der Waals surface area contributed by atoms with Crippen molar-refractivity contribution >= 4 is 23.2 Å². The highest BCUT2D eigenvalue weighted by molar-refractivity contribution is 5.96. The fourth-order valence-electron chi connectivity index (χ4n) is 3.16. The Labute approximate surface area is 136 Å². The standard InChI is InChI=1S/C18H24N2O3/c21-16(12-18(23)9-2-1-3-10-18)19-14-5-4-6-15(11-14)20-17(22)13-7-8-13/h4-6,11,13,23H,1-3,7-10,12H2,(H,19,21)(H,20,22). The zero-order valence-corrected chi connectivity index (χ0v) is 13.3. The van der Waals surface area contributed by atoms with Crippen molar-refractivity contribution in [1.29, 1.82) is 0 Å². The normalized spacial score (nSPS) is 19.9. The quantitative estimate of drug-likeness (QED) is 0.781. The third kappa shape index (κ3) is 4.55. The molecule has 0 aromatic heterocycles. The first-order valence-corrected chi connectivity index (χ1v) is 8.47. The second kappa shape index (κ2) is 6.71. The largest absolute Gasteiger partial charge is 0.389 e. The Morgan fingerprint density at radius 2 is 1.74 bits per heavy atom. The van der Waals surface area contributed by atoms with E-state index < -0.39 is 5.60 Å². The molecule has 1 aromatic rings. The summed E-state index contributed by atoms with van der Waals surface area (Å²) in [5, 5.41) is 16.1. The molecule has 0 atom stereocenters. The minimum Gasteiger partial charge on any atom is -0.389 e.